The summed E-state index contributed by atoms with van der Waals surface area (Å²) in [6.07, 6.45) is 0.946. The topological polar surface area (TPSA) is 57.5 Å². The molecule has 0 aliphatic carbocycles. The summed E-state index contributed by atoms with van der Waals surface area (Å²) < 4.78 is 12.1. The van der Waals surface area contributed by atoms with E-state index >= 15 is 0 Å². The van der Waals surface area contributed by atoms with E-state index in [1.165, 1.54) is 0 Å². The molecule has 1 unspecified atom stereocenters. The minimum Gasteiger partial charge on any atom is -0.389 e. The second-order valence-electron chi connectivity index (χ2n) is 5.04. The molecule has 0 spiro atoms. The van der Waals surface area contributed by atoms with Gasteiger partial charge in [0.1, 0.15) is 0 Å². The molecule has 114 valence electrons. The van der Waals surface area contributed by atoms with Gasteiger partial charge in [0.25, 0.3) is 0 Å². The maximum absolute atomic E-state index is 12.1. The van der Waals surface area contributed by atoms with Gasteiger partial charge in [-0.25, -0.2) is 0 Å². The smallest absolute Gasteiger partial charge is 0.0932 e. The highest BCUT2D eigenvalue weighted by molar-refractivity contribution is 9.09. The summed E-state index contributed by atoms with van der Waals surface area (Å²) in [6, 6.07) is 7.38. The van der Waals surface area contributed by atoms with Crippen LogP contribution in [-0.4, -0.2) is 37.2 Å². The van der Waals surface area contributed by atoms with Gasteiger partial charge in [0.05, 0.1) is 28.8 Å². The largest absolute Gasteiger partial charge is 0.389 e. The van der Waals surface area contributed by atoms with Crippen molar-refractivity contribution in [3.63, 3.8) is 0 Å². The molecule has 0 bridgehead atoms. The number of hydrogen-bond acceptors (Lipinski definition) is 3. The van der Waals surface area contributed by atoms with Crippen LogP contribution in [0.3, 0.4) is 0 Å². The summed E-state index contributed by atoms with van der Waals surface area (Å²) in [6.45, 7) is 4.05. The number of alkyl halides is 1. The fourth-order valence-corrected chi connectivity index (χ4v) is 3.67. The first-order valence-corrected chi connectivity index (χ1v) is 9.14. The van der Waals surface area contributed by atoms with Crippen molar-refractivity contribution < 1.29 is 14.4 Å². The molecule has 0 aliphatic heterocycles. The van der Waals surface area contributed by atoms with Crippen molar-refractivity contribution in [1.29, 1.82) is 0 Å². The predicted octanol–water partition coefficient (Wildman–Crippen LogP) is 2.78. The lowest BCUT2D eigenvalue weighted by Gasteiger charge is -2.22. The van der Waals surface area contributed by atoms with Crippen LogP contribution in [0, 0.1) is 6.92 Å². The van der Waals surface area contributed by atoms with E-state index in [1.54, 1.807) is 12.1 Å². The summed E-state index contributed by atoms with van der Waals surface area (Å²) in [7, 11) is -1.30. The number of aryl methyl sites for hydroxylation is 1. The van der Waals surface area contributed by atoms with Crippen LogP contribution in [0.1, 0.15) is 31.7 Å². The van der Waals surface area contributed by atoms with Crippen LogP contribution in [0.25, 0.3) is 0 Å². The number of rotatable bonds is 8. The summed E-state index contributed by atoms with van der Waals surface area (Å²) in [5.41, 5.74) is 1.10. The van der Waals surface area contributed by atoms with Gasteiger partial charge in [0.15, 0.2) is 0 Å². The van der Waals surface area contributed by atoms with Crippen molar-refractivity contribution in [2.45, 2.75) is 55.0 Å². The summed E-state index contributed by atoms with van der Waals surface area (Å²) in [5.74, 6) is 0.0540. The van der Waals surface area contributed by atoms with E-state index in [1.807, 2.05) is 19.1 Å². The Morgan fingerprint density at radius 2 is 1.85 bits per heavy atom. The molecule has 5 heteroatoms. The molecule has 0 fully saturated rings. The second-order valence-corrected chi connectivity index (χ2v) is 7.71. The molecule has 0 heterocycles. The zero-order chi connectivity index (χ0) is 15.1. The van der Waals surface area contributed by atoms with Crippen molar-refractivity contribution in [3.05, 3.63) is 29.8 Å². The first kappa shape index (κ1) is 17.8. The van der Waals surface area contributed by atoms with Crippen LogP contribution in [0.5, 0.6) is 0 Å². The van der Waals surface area contributed by atoms with Crippen molar-refractivity contribution in [3.8, 4) is 0 Å². The molecule has 4 atom stereocenters. The van der Waals surface area contributed by atoms with Crippen LogP contribution in [-0.2, 0) is 10.8 Å². The lowest BCUT2D eigenvalue weighted by molar-refractivity contribution is 0.0323. The molecule has 3 nitrogen and oxygen atoms in total. The molecule has 0 radical (unpaired) electrons. The molecule has 1 aromatic rings. The van der Waals surface area contributed by atoms with Crippen molar-refractivity contribution >= 4 is 26.7 Å². The number of halogens is 1. The Morgan fingerprint density at radius 3 is 2.40 bits per heavy atom. The van der Waals surface area contributed by atoms with E-state index in [-0.39, 0.29) is 10.6 Å². The van der Waals surface area contributed by atoms with E-state index < -0.39 is 23.0 Å². The Balaban J connectivity index is 2.54. The summed E-state index contributed by atoms with van der Waals surface area (Å²) >= 11 is 3.39. The fraction of sp³-hybridized carbons (Fsp3) is 0.600. The molecular formula is C15H23BrO3S. The fourth-order valence-electron chi connectivity index (χ4n) is 1.85. The number of hydrogen-bond donors (Lipinski definition) is 2. The number of aliphatic hydroxyl groups excluding tert-OH is 2. The SMILES string of the molecule is CCCC[C@@H](Br)[C@@H](O)[C@H](O)CS(=O)c1ccc(C)cc1. The Morgan fingerprint density at radius 1 is 1.25 bits per heavy atom. The lowest BCUT2D eigenvalue weighted by atomic mass is 10.1. The van der Waals surface area contributed by atoms with Gasteiger partial charge in [-0.1, -0.05) is 53.4 Å². The normalized spacial score (nSPS) is 17.4. The van der Waals surface area contributed by atoms with Crippen LogP contribution in [0.15, 0.2) is 29.2 Å². The Kier molecular flexibility index (Phi) is 7.95. The molecule has 1 rings (SSSR count). The van der Waals surface area contributed by atoms with E-state index in [9.17, 15) is 14.4 Å². The van der Waals surface area contributed by atoms with Gasteiger partial charge in [-0.15, -0.1) is 0 Å². The highest BCUT2D eigenvalue weighted by Crippen LogP contribution is 2.18. The highest BCUT2D eigenvalue weighted by atomic mass is 79.9. The highest BCUT2D eigenvalue weighted by Gasteiger charge is 2.25. The van der Waals surface area contributed by atoms with Gasteiger partial charge in [0, 0.05) is 9.72 Å². The zero-order valence-corrected chi connectivity index (χ0v) is 14.4. The molecule has 0 aliphatic rings. The van der Waals surface area contributed by atoms with Gasteiger partial charge in [0.2, 0.25) is 0 Å². The van der Waals surface area contributed by atoms with Crippen molar-refractivity contribution in [1.82, 2.24) is 0 Å². The molecule has 1 aromatic carbocycles. The van der Waals surface area contributed by atoms with Gasteiger partial charge in [-0.05, 0) is 25.5 Å². The summed E-state index contributed by atoms with van der Waals surface area (Å²) in [4.78, 5) is 0.522. The Labute approximate surface area is 132 Å². The van der Waals surface area contributed by atoms with Gasteiger partial charge < -0.3 is 10.2 Å². The van der Waals surface area contributed by atoms with Gasteiger partial charge in [-0.3, -0.25) is 4.21 Å². The molecule has 0 saturated heterocycles. The minimum atomic E-state index is -1.30. The molecule has 2 N–H and O–H groups in total. The molecule has 20 heavy (non-hydrogen) atoms. The average molecular weight is 363 g/mol. The third kappa shape index (κ3) is 5.64. The molecular weight excluding hydrogens is 340 g/mol. The van der Waals surface area contributed by atoms with E-state index in [4.69, 9.17) is 0 Å². The third-order valence-electron chi connectivity index (χ3n) is 3.20. The minimum absolute atomic E-state index is 0.0540. The number of unbranched alkanes of at least 4 members (excludes halogenated alkanes) is 1. The monoisotopic (exact) mass is 362 g/mol. The third-order valence-corrected chi connectivity index (χ3v) is 5.65. The maximum atomic E-state index is 12.1. The first-order chi connectivity index (χ1) is 9.45. The quantitative estimate of drug-likeness (QED) is 0.699. The van der Waals surface area contributed by atoms with Crippen LogP contribution >= 0.6 is 15.9 Å². The first-order valence-electron chi connectivity index (χ1n) is 6.91. The molecule has 0 aromatic heterocycles. The van der Waals surface area contributed by atoms with Crippen LogP contribution in [0.2, 0.25) is 0 Å². The Bertz CT molecular complexity index is 422. The van der Waals surface area contributed by atoms with Crippen LogP contribution in [0.4, 0.5) is 0 Å². The zero-order valence-electron chi connectivity index (χ0n) is 12.0. The second kappa shape index (κ2) is 8.93. The average Bonchev–Trinajstić information content (AvgIpc) is 2.44. The Hall–Kier alpha value is -0.230. The van der Waals surface area contributed by atoms with Gasteiger partial charge in [-0.2, -0.15) is 0 Å². The van der Waals surface area contributed by atoms with Crippen LogP contribution < -0.4 is 0 Å². The van der Waals surface area contributed by atoms with E-state index in [0.717, 1.165) is 24.8 Å². The van der Waals surface area contributed by atoms with E-state index in [0.29, 0.717) is 4.90 Å². The maximum Gasteiger partial charge on any atom is 0.0932 e. The summed E-state index contributed by atoms with van der Waals surface area (Å²) in [5, 5.41) is 20.0. The molecule has 0 saturated carbocycles. The molecule has 0 amide bonds. The van der Waals surface area contributed by atoms with E-state index in [2.05, 4.69) is 22.9 Å². The number of benzene rings is 1. The van der Waals surface area contributed by atoms with Crippen molar-refractivity contribution in [2.75, 3.05) is 5.75 Å². The lowest BCUT2D eigenvalue weighted by Crippen LogP contribution is -2.37. The van der Waals surface area contributed by atoms with Crippen molar-refractivity contribution in [2.24, 2.45) is 0 Å². The standard InChI is InChI=1S/C15H23BrO3S/c1-3-4-5-13(16)15(18)14(17)10-20(19)12-8-6-11(2)7-9-12/h6-9,13-15,17-18H,3-5,10H2,1-2H3/t13-,14-,15-,20?/m1/s1. The predicted molar refractivity (Wildman–Crippen MR) is 86.7 cm³/mol. The number of aliphatic hydroxyl groups is 2. The van der Waals surface area contributed by atoms with Gasteiger partial charge >= 0.3 is 0 Å².